The van der Waals surface area contributed by atoms with Crippen LogP contribution in [0.5, 0.6) is 0 Å². The maximum atomic E-state index is 12.3. The number of rotatable bonds is 13. The van der Waals surface area contributed by atoms with Crippen molar-refractivity contribution in [2.75, 3.05) is 19.8 Å². The van der Waals surface area contributed by atoms with E-state index >= 15 is 0 Å². The zero-order valence-corrected chi connectivity index (χ0v) is 14.9. The number of esters is 1. The molecule has 1 rings (SSSR count). The summed E-state index contributed by atoms with van der Waals surface area (Å²) in [6.45, 7) is 4.60. The third-order valence-corrected chi connectivity index (χ3v) is 4.44. The molecule has 0 aromatic heterocycles. The Balaban J connectivity index is 2.18. The van der Waals surface area contributed by atoms with Gasteiger partial charge in [0.15, 0.2) is 0 Å². The van der Waals surface area contributed by atoms with Gasteiger partial charge in [-0.1, -0.05) is 31.8 Å². The second-order valence-corrected chi connectivity index (χ2v) is 6.44. The van der Waals surface area contributed by atoms with Crippen molar-refractivity contribution in [1.29, 1.82) is 0 Å². The third kappa shape index (κ3) is 7.95. The maximum absolute atomic E-state index is 12.3. The van der Waals surface area contributed by atoms with Gasteiger partial charge in [0.25, 0.3) is 0 Å². The molecule has 1 saturated heterocycles. The Morgan fingerprint density at radius 2 is 1.83 bits per heavy atom. The largest absolute Gasteiger partial charge is 0.464 e. The number of hydrogen-bond donors (Lipinski definition) is 1. The summed E-state index contributed by atoms with van der Waals surface area (Å²) in [4.78, 5) is 26.0. The van der Waals surface area contributed by atoms with E-state index in [1.807, 2.05) is 6.08 Å². The van der Waals surface area contributed by atoms with Crippen LogP contribution >= 0.6 is 0 Å². The van der Waals surface area contributed by atoms with E-state index in [0.717, 1.165) is 32.1 Å². The molecule has 1 fully saturated rings. The van der Waals surface area contributed by atoms with E-state index in [9.17, 15) is 9.59 Å². The number of carbonyl (C=O) groups is 2. The maximum Gasteiger partial charge on any atom is 0.328 e. The zero-order valence-electron chi connectivity index (χ0n) is 14.9. The van der Waals surface area contributed by atoms with Crippen molar-refractivity contribution in [2.45, 2.75) is 76.7 Å². The van der Waals surface area contributed by atoms with Gasteiger partial charge in [-0.15, -0.1) is 6.58 Å². The van der Waals surface area contributed by atoms with Gasteiger partial charge in [0.2, 0.25) is 5.91 Å². The van der Waals surface area contributed by atoms with Crippen molar-refractivity contribution in [3.8, 4) is 0 Å². The van der Waals surface area contributed by atoms with E-state index < -0.39 is 6.04 Å². The van der Waals surface area contributed by atoms with Gasteiger partial charge in [-0.3, -0.25) is 4.79 Å². The molecule has 0 aromatic rings. The van der Waals surface area contributed by atoms with Crippen LogP contribution in [-0.4, -0.2) is 47.7 Å². The Morgan fingerprint density at radius 3 is 2.54 bits per heavy atom. The van der Waals surface area contributed by atoms with Crippen molar-refractivity contribution in [1.82, 2.24) is 4.90 Å². The van der Waals surface area contributed by atoms with E-state index in [0.29, 0.717) is 25.8 Å². The monoisotopic (exact) mass is 339 g/mol. The van der Waals surface area contributed by atoms with Crippen LogP contribution in [0.4, 0.5) is 0 Å². The highest BCUT2D eigenvalue weighted by Crippen LogP contribution is 2.20. The predicted molar refractivity (Wildman–Crippen MR) is 94.5 cm³/mol. The van der Waals surface area contributed by atoms with Crippen molar-refractivity contribution < 1.29 is 19.4 Å². The Hall–Kier alpha value is -1.36. The first-order chi connectivity index (χ1) is 11.7. The smallest absolute Gasteiger partial charge is 0.328 e. The number of unbranched alkanes of at least 4 members (excludes halogenated alkanes) is 6. The Labute approximate surface area is 146 Å². The standard InChI is InChI=1S/C19H33NO4/c1-2-3-4-5-6-7-8-9-13-18(22)20-14-10-12-17(20)19(23)24-16-11-15-21/h2,17,21H,1,3-16H2. The lowest BCUT2D eigenvalue weighted by atomic mass is 10.1. The molecule has 0 aromatic carbocycles. The molecule has 1 atom stereocenters. The van der Waals surface area contributed by atoms with Crippen LogP contribution < -0.4 is 0 Å². The lowest BCUT2D eigenvalue weighted by molar-refractivity contribution is -0.153. The minimum absolute atomic E-state index is 0.00812. The number of nitrogens with zero attached hydrogens (tertiary/aromatic N) is 1. The normalized spacial score (nSPS) is 17.0. The van der Waals surface area contributed by atoms with Crippen LogP contribution in [0.3, 0.4) is 0 Å². The summed E-state index contributed by atoms with van der Waals surface area (Å²) in [5, 5.41) is 8.73. The van der Waals surface area contributed by atoms with E-state index in [2.05, 4.69) is 6.58 Å². The highest BCUT2D eigenvalue weighted by molar-refractivity contribution is 5.85. The highest BCUT2D eigenvalue weighted by atomic mass is 16.5. The summed E-state index contributed by atoms with van der Waals surface area (Å²) in [6, 6.07) is -0.421. The second-order valence-electron chi connectivity index (χ2n) is 6.44. The summed E-state index contributed by atoms with van der Waals surface area (Å²) in [7, 11) is 0. The molecule has 5 nitrogen and oxygen atoms in total. The van der Waals surface area contributed by atoms with E-state index in [1.54, 1.807) is 4.90 Å². The van der Waals surface area contributed by atoms with Crippen LogP contribution in [-0.2, 0) is 14.3 Å². The molecule has 0 bridgehead atoms. The molecule has 0 saturated carbocycles. The number of carbonyl (C=O) groups excluding carboxylic acids is 2. The first-order valence-electron chi connectivity index (χ1n) is 9.38. The van der Waals surface area contributed by atoms with Gasteiger partial charge < -0.3 is 14.7 Å². The van der Waals surface area contributed by atoms with Crippen molar-refractivity contribution >= 4 is 11.9 Å². The zero-order chi connectivity index (χ0) is 17.6. The minimum Gasteiger partial charge on any atom is -0.464 e. The topological polar surface area (TPSA) is 66.8 Å². The van der Waals surface area contributed by atoms with Crippen LogP contribution in [0.25, 0.3) is 0 Å². The number of ether oxygens (including phenoxy) is 1. The molecule has 1 heterocycles. The lowest BCUT2D eigenvalue weighted by Gasteiger charge is -2.23. The number of hydrogen-bond acceptors (Lipinski definition) is 4. The SMILES string of the molecule is C=CCCCCCCCCC(=O)N1CCCC1C(=O)OCCCO. The average Bonchev–Trinajstić information content (AvgIpc) is 3.07. The van der Waals surface area contributed by atoms with Gasteiger partial charge in [0.1, 0.15) is 6.04 Å². The molecule has 1 aliphatic rings. The molecule has 24 heavy (non-hydrogen) atoms. The minimum atomic E-state index is -0.421. The fourth-order valence-electron chi connectivity index (χ4n) is 3.06. The van der Waals surface area contributed by atoms with E-state index in [-0.39, 0.29) is 25.1 Å². The van der Waals surface area contributed by atoms with Gasteiger partial charge in [0.05, 0.1) is 6.61 Å². The summed E-state index contributed by atoms with van der Waals surface area (Å²) >= 11 is 0. The Bertz CT molecular complexity index is 384. The predicted octanol–water partition coefficient (Wildman–Crippen LogP) is 3.21. The van der Waals surface area contributed by atoms with Crippen LogP contribution in [0.1, 0.15) is 70.6 Å². The first-order valence-corrected chi connectivity index (χ1v) is 9.38. The first kappa shape index (κ1) is 20.7. The molecular weight excluding hydrogens is 306 g/mol. The molecule has 0 spiro atoms. The average molecular weight is 339 g/mol. The van der Waals surface area contributed by atoms with Gasteiger partial charge in [-0.05, 0) is 32.1 Å². The van der Waals surface area contributed by atoms with Gasteiger partial charge >= 0.3 is 5.97 Å². The molecule has 1 unspecified atom stereocenters. The van der Waals surface area contributed by atoms with Crippen molar-refractivity contribution in [2.24, 2.45) is 0 Å². The number of aliphatic hydroxyl groups is 1. The number of allylic oxidation sites excluding steroid dienone is 1. The summed E-state index contributed by atoms with van der Waals surface area (Å²) in [5.74, 6) is -0.250. The summed E-state index contributed by atoms with van der Waals surface area (Å²) < 4.78 is 5.14. The van der Waals surface area contributed by atoms with Gasteiger partial charge in [-0.25, -0.2) is 4.79 Å². The fourth-order valence-corrected chi connectivity index (χ4v) is 3.06. The van der Waals surface area contributed by atoms with Gasteiger partial charge in [0, 0.05) is 26.0 Å². The number of aliphatic hydroxyl groups excluding tert-OH is 1. The van der Waals surface area contributed by atoms with Crippen LogP contribution in [0.15, 0.2) is 12.7 Å². The van der Waals surface area contributed by atoms with E-state index in [1.165, 1.54) is 19.3 Å². The molecular formula is C19H33NO4. The van der Waals surface area contributed by atoms with Crippen LogP contribution in [0, 0.1) is 0 Å². The Kier molecular flexibility index (Phi) is 11.2. The molecule has 5 heteroatoms. The third-order valence-electron chi connectivity index (χ3n) is 4.44. The van der Waals surface area contributed by atoms with Crippen molar-refractivity contribution in [3.05, 3.63) is 12.7 Å². The Morgan fingerprint density at radius 1 is 1.12 bits per heavy atom. The van der Waals surface area contributed by atoms with Crippen LogP contribution in [0.2, 0.25) is 0 Å². The lowest BCUT2D eigenvalue weighted by Crippen LogP contribution is -2.41. The fraction of sp³-hybridized carbons (Fsp3) is 0.789. The molecule has 1 amide bonds. The summed E-state index contributed by atoms with van der Waals surface area (Å²) in [5.41, 5.74) is 0. The van der Waals surface area contributed by atoms with E-state index in [4.69, 9.17) is 9.84 Å². The quantitative estimate of drug-likeness (QED) is 0.318. The molecule has 0 aliphatic carbocycles. The van der Waals surface area contributed by atoms with Crippen molar-refractivity contribution in [3.63, 3.8) is 0 Å². The summed E-state index contributed by atoms with van der Waals surface area (Å²) in [6.07, 6.45) is 12.3. The second kappa shape index (κ2) is 13.0. The van der Waals surface area contributed by atoms with Gasteiger partial charge in [-0.2, -0.15) is 0 Å². The number of amides is 1. The molecule has 1 aliphatic heterocycles. The molecule has 138 valence electrons. The molecule has 0 radical (unpaired) electrons. The number of likely N-dealkylation sites (tertiary alicyclic amines) is 1. The molecule has 1 N–H and O–H groups in total. The highest BCUT2D eigenvalue weighted by Gasteiger charge is 2.34.